The Balaban J connectivity index is 2.50. The first kappa shape index (κ1) is 11.2. The molecule has 0 spiro atoms. The number of rotatable bonds is 3. The van der Waals surface area contributed by atoms with Crippen molar-refractivity contribution in [3.63, 3.8) is 0 Å². The van der Waals surface area contributed by atoms with Crippen molar-refractivity contribution in [2.75, 3.05) is 5.32 Å². The van der Waals surface area contributed by atoms with Crippen molar-refractivity contribution in [2.24, 2.45) is 0 Å². The van der Waals surface area contributed by atoms with Crippen LogP contribution >= 0.6 is 15.9 Å². The van der Waals surface area contributed by atoms with E-state index in [9.17, 15) is 4.79 Å². The van der Waals surface area contributed by atoms with Crippen LogP contribution in [0.4, 0.5) is 5.69 Å². The largest absolute Gasteiger partial charge is 0.326 e. The van der Waals surface area contributed by atoms with Gasteiger partial charge in [-0.3, -0.25) is 4.79 Å². The van der Waals surface area contributed by atoms with E-state index in [1.807, 2.05) is 44.2 Å². The van der Waals surface area contributed by atoms with Crippen LogP contribution in [0, 0.1) is 0 Å². The molecule has 0 aromatic heterocycles. The predicted octanol–water partition coefficient (Wildman–Crippen LogP) is 3.19. The molecule has 0 bridgehead atoms. The second kappa shape index (κ2) is 4.60. The zero-order valence-corrected chi connectivity index (χ0v) is 9.97. The molecule has 0 atom stereocenters. The van der Waals surface area contributed by atoms with E-state index in [0.717, 1.165) is 5.69 Å². The van der Waals surface area contributed by atoms with Gasteiger partial charge in [-0.2, -0.15) is 0 Å². The number of para-hydroxylation sites is 1. The van der Waals surface area contributed by atoms with Gasteiger partial charge in [0.1, 0.15) is 0 Å². The van der Waals surface area contributed by atoms with Crippen molar-refractivity contribution in [3.8, 4) is 0 Å². The lowest BCUT2D eigenvalue weighted by Gasteiger charge is -2.15. The summed E-state index contributed by atoms with van der Waals surface area (Å²) >= 11 is 3.43. The van der Waals surface area contributed by atoms with E-state index in [0.29, 0.717) is 6.42 Å². The summed E-state index contributed by atoms with van der Waals surface area (Å²) in [6.45, 7) is 3.94. The normalized spacial score (nSPS) is 11.1. The van der Waals surface area contributed by atoms with E-state index in [-0.39, 0.29) is 10.2 Å². The van der Waals surface area contributed by atoms with E-state index in [1.54, 1.807) is 0 Å². The highest BCUT2D eigenvalue weighted by Crippen LogP contribution is 2.21. The summed E-state index contributed by atoms with van der Waals surface area (Å²) in [5.74, 6) is 0.0260. The number of hydrogen-bond acceptors (Lipinski definition) is 1. The molecule has 0 radical (unpaired) electrons. The molecule has 14 heavy (non-hydrogen) atoms. The van der Waals surface area contributed by atoms with Gasteiger partial charge in [0.05, 0.1) is 0 Å². The first-order valence-electron chi connectivity index (χ1n) is 4.51. The third-order valence-electron chi connectivity index (χ3n) is 1.64. The number of amides is 1. The fourth-order valence-corrected chi connectivity index (χ4v) is 1.36. The van der Waals surface area contributed by atoms with Crippen LogP contribution < -0.4 is 5.32 Å². The van der Waals surface area contributed by atoms with Gasteiger partial charge >= 0.3 is 0 Å². The fourth-order valence-electron chi connectivity index (χ4n) is 1.11. The maximum atomic E-state index is 11.5. The standard InChI is InChI=1S/C11H14BrNO/c1-11(2,12)8-10(14)13-9-6-4-3-5-7-9/h3-7H,8H2,1-2H3,(H,13,14). The van der Waals surface area contributed by atoms with Crippen LogP contribution in [0.5, 0.6) is 0 Å². The summed E-state index contributed by atoms with van der Waals surface area (Å²) in [4.78, 5) is 11.5. The Morgan fingerprint density at radius 3 is 2.43 bits per heavy atom. The molecule has 0 fully saturated rings. The highest BCUT2D eigenvalue weighted by atomic mass is 79.9. The van der Waals surface area contributed by atoms with Crippen molar-refractivity contribution in [3.05, 3.63) is 30.3 Å². The maximum absolute atomic E-state index is 11.5. The minimum absolute atomic E-state index is 0.0260. The van der Waals surface area contributed by atoms with Crippen LogP contribution in [0.1, 0.15) is 20.3 Å². The SMILES string of the molecule is CC(C)(Br)CC(=O)Nc1ccccc1. The highest BCUT2D eigenvalue weighted by molar-refractivity contribution is 9.10. The predicted molar refractivity (Wildman–Crippen MR) is 62.7 cm³/mol. The van der Waals surface area contributed by atoms with E-state index < -0.39 is 0 Å². The van der Waals surface area contributed by atoms with Gasteiger partial charge in [-0.05, 0) is 26.0 Å². The molecule has 76 valence electrons. The second-order valence-corrected chi connectivity index (χ2v) is 5.96. The molecule has 0 aliphatic carbocycles. The Labute approximate surface area is 92.8 Å². The van der Waals surface area contributed by atoms with Crippen molar-refractivity contribution in [1.29, 1.82) is 0 Å². The quantitative estimate of drug-likeness (QED) is 0.827. The monoisotopic (exact) mass is 255 g/mol. The van der Waals surface area contributed by atoms with Gasteiger partial charge in [-0.1, -0.05) is 34.1 Å². The van der Waals surface area contributed by atoms with Crippen LogP contribution in [-0.4, -0.2) is 10.2 Å². The molecule has 0 unspecified atom stereocenters. The Bertz CT molecular complexity index is 303. The lowest BCUT2D eigenvalue weighted by molar-refractivity contribution is -0.116. The number of alkyl halides is 1. The molecule has 1 N–H and O–H groups in total. The number of carbonyl (C=O) groups is 1. The molecular weight excluding hydrogens is 242 g/mol. The third-order valence-corrected chi connectivity index (χ3v) is 1.92. The smallest absolute Gasteiger partial charge is 0.225 e. The Hall–Kier alpha value is -0.830. The molecule has 2 nitrogen and oxygen atoms in total. The molecular formula is C11H14BrNO. The number of anilines is 1. The molecule has 1 rings (SSSR count). The van der Waals surface area contributed by atoms with Crippen molar-refractivity contribution >= 4 is 27.5 Å². The first-order chi connectivity index (χ1) is 6.47. The summed E-state index contributed by atoms with van der Waals surface area (Å²) in [5, 5.41) is 2.83. The molecule has 0 aliphatic rings. The highest BCUT2D eigenvalue weighted by Gasteiger charge is 2.17. The Morgan fingerprint density at radius 1 is 1.36 bits per heavy atom. The summed E-state index contributed by atoms with van der Waals surface area (Å²) in [6, 6.07) is 9.46. The van der Waals surface area contributed by atoms with E-state index in [2.05, 4.69) is 21.2 Å². The van der Waals surface area contributed by atoms with Crippen molar-refractivity contribution in [1.82, 2.24) is 0 Å². The zero-order chi connectivity index (χ0) is 10.6. The van der Waals surface area contributed by atoms with Crippen LogP contribution in [0.2, 0.25) is 0 Å². The van der Waals surface area contributed by atoms with Crippen LogP contribution in [0.3, 0.4) is 0 Å². The number of benzene rings is 1. The van der Waals surface area contributed by atoms with Crippen molar-refractivity contribution in [2.45, 2.75) is 24.6 Å². The average molecular weight is 256 g/mol. The fraction of sp³-hybridized carbons (Fsp3) is 0.364. The van der Waals surface area contributed by atoms with Gasteiger partial charge in [0.25, 0.3) is 0 Å². The molecule has 0 saturated carbocycles. The molecule has 1 aromatic rings. The van der Waals surface area contributed by atoms with Gasteiger partial charge in [0, 0.05) is 16.4 Å². The first-order valence-corrected chi connectivity index (χ1v) is 5.30. The number of halogens is 1. The Morgan fingerprint density at radius 2 is 1.93 bits per heavy atom. The molecule has 0 heterocycles. The third kappa shape index (κ3) is 4.42. The van der Waals surface area contributed by atoms with E-state index in [4.69, 9.17) is 0 Å². The molecule has 0 saturated heterocycles. The maximum Gasteiger partial charge on any atom is 0.225 e. The lowest BCUT2D eigenvalue weighted by atomic mass is 10.1. The summed E-state index contributed by atoms with van der Waals surface area (Å²) in [5.41, 5.74) is 0.842. The van der Waals surface area contributed by atoms with Gasteiger partial charge in [0.15, 0.2) is 0 Å². The minimum atomic E-state index is -0.147. The van der Waals surface area contributed by atoms with Crippen molar-refractivity contribution < 1.29 is 4.79 Å². The average Bonchev–Trinajstić information content (AvgIpc) is 2.02. The summed E-state index contributed by atoms with van der Waals surface area (Å²) < 4.78 is -0.147. The lowest BCUT2D eigenvalue weighted by Crippen LogP contribution is -2.21. The van der Waals surface area contributed by atoms with Crippen LogP contribution in [-0.2, 0) is 4.79 Å². The van der Waals surface area contributed by atoms with Gasteiger partial charge in [-0.15, -0.1) is 0 Å². The van der Waals surface area contributed by atoms with Crippen LogP contribution in [0.25, 0.3) is 0 Å². The molecule has 3 heteroatoms. The van der Waals surface area contributed by atoms with E-state index in [1.165, 1.54) is 0 Å². The molecule has 1 amide bonds. The second-order valence-electron chi connectivity index (χ2n) is 3.81. The van der Waals surface area contributed by atoms with Gasteiger partial charge in [0.2, 0.25) is 5.91 Å². The number of nitrogens with one attached hydrogen (secondary N) is 1. The van der Waals surface area contributed by atoms with Gasteiger partial charge in [-0.25, -0.2) is 0 Å². The van der Waals surface area contributed by atoms with E-state index >= 15 is 0 Å². The molecule has 0 aliphatic heterocycles. The Kier molecular flexibility index (Phi) is 3.69. The minimum Gasteiger partial charge on any atom is -0.326 e. The zero-order valence-electron chi connectivity index (χ0n) is 8.38. The summed E-state index contributed by atoms with van der Waals surface area (Å²) in [6.07, 6.45) is 0.460. The number of carbonyl (C=O) groups excluding carboxylic acids is 1. The molecule has 1 aromatic carbocycles. The summed E-state index contributed by atoms with van der Waals surface area (Å²) in [7, 11) is 0. The van der Waals surface area contributed by atoms with Gasteiger partial charge < -0.3 is 5.32 Å². The van der Waals surface area contributed by atoms with Crippen LogP contribution in [0.15, 0.2) is 30.3 Å². The topological polar surface area (TPSA) is 29.1 Å². The number of hydrogen-bond donors (Lipinski definition) is 1.